The fraction of sp³-hybridized carbons (Fsp3) is 0.429. The van der Waals surface area contributed by atoms with E-state index >= 15 is 0 Å². The fourth-order valence-corrected chi connectivity index (χ4v) is 1.64. The van der Waals surface area contributed by atoms with Crippen LogP contribution >= 0.6 is 11.6 Å². The van der Waals surface area contributed by atoms with Crippen molar-refractivity contribution in [3.8, 4) is 0 Å². The van der Waals surface area contributed by atoms with Crippen molar-refractivity contribution in [2.75, 3.05) is 5.88 Å². The first-order valence-corrected chi connectivity index (χ1v) is 6.33. The molecular weight excluding hydrogens is 242 g/mol. The number of aryl methyl sites for hydroxylation is 1. The number of unbranched alkanes of at least 4 members (excludes halogenated alkanes) is 1. The second kappa shape index (κ2) is 7.44. The van der Waals surface area contributed by atoms with Gasteiger partial charge in [0, 0.05) is 12.3 Å². The van der Waals surface area contributed by atoms with Crippen LogP contribution in [0.2, 0.25) is 0 Å². The van der Waals surface area contributed by atoms with Crippen LogP contribution in [0.15, 0.2) is 42.5 Å². The van der Waals surface area contributed by atoms with Gasteiger partial charge in [-0.3, -0.25) is 0 Å². The van der Waals surface area contributed by atoms with Crippen molar-refractivity contribution in [1.82, 2.24) is 0 Å². The molecule has 1 rings (SSSR count). The summed E-state index contributed by atoms with van der Waals surface area (Å²) in [4.78, 5) is 0. The maximum absolute atomic E-state index is 13.4. The maximum Gasteiger partial charge on any atom is 0.266 e. The highest BCUT2D eigenvalue weighted by Gasteiger charge is 2.23. The van der Waals surface area contributed by atoms with Gasteiger partial charge in [0.1, 0.15) is 0 Å². The van der Waals surface area contributed by atoms with Crippen molar-refractivity contribution < 1.29 is 8.78 Å². The number of hydrogen-bond donors (Lipinski definition) is 0. The molecule has 0 bridgehead atoms. The number of hydrogen-bond acceptors (Lipinski definition) is 0. The van der Waals surface area contributed by atoms with Gasteiger partial charge in [-0.25, -0.2) is 8.78 Å². The van der Waals surface area contributed by atoms with Gasteiger partial charge in [0.2, 0.25) is 0 Å². The molecule has 0 aliphatic rings. The third kappa shape index (κ3) is 6.42. The molecule has 0 radical (unpaired) electrons. The summed E-state index contributed by atoms with van der Waals surface area (Å²) >= 11 is 5.47. The van der Waals surface area contributed by atoms with Gasteiger partial charge in [-0.05, 0) is 30.9 Å². The summed E-state index contributed by atoms with van der Waals surface area (Å²) in [6.07, 6.45) is 4.13. The van der Waals surface area contributed by atoms with Crippen LogP contribution in [0.3, 0.4) is 0 Å². The van der Waals surface area contributed by atoms with E-state index in [9.17, 15) is 8.78 Å². The third-order valence-electron chi connectivity index (χ3n) is 2.46. The van der Waals surface area contributed by atoms with Gasteiger partial charge in [0.05, 0.1) is 0 Å². The molecule has 0 nitrogen and oxygen atoms in total. The van der Waals surface area contributed by atoms with Crippen LogP contribution in [-0.2, 0) is 6.42 Å². The molecule has 94 valence electrons. The predicted octanol–water partition coefficient (Wildman–Crippen LogP) is 4.83. The van der Waals surface area contributed by atoms with E-state index in [1.165, 1.54) is 6.08 Å². The molecule has 0 atom stereocenters. The zero-order valence-corrected chi connectivity index (χ0v) is 10.5. The molecule has 1 aromatic carbocycles. The number of benzene rings is 1. The van der Waals surface area contributed by atoms with Gasteiger partial charge < -0.3 is 0 Å². The van der Waals surface area contributed by atoms with E-state index < -0.39 is 5.92 Å². The highest BCUT2D eigenvalue weighted by atomic mass is 35.5. The second-order valence-electron chi connectivity index (χ2n) is 3.98. The Labute approximate surface area is 106 Å². The molecule has 0 aliphatic heterocycles. The average molecular weight is 259 g/mol. The standard InChI is InChI=1S/C14H17ClF2/c15-12-6-2-5-10-14(16,17)11-9-13-7-3-1-4-8-13/h1,3-5,7-8,10H,2,6,9,11-12H2/b10-5-. The van der Waals surface area contributed by atoms with Crippen LogP contribution < -0.4 is 0 Å². The van der Waals surface area contributed by atoms with Crippen LogP contribution in [0, 0.1) is 0 Å². The first-order valence-electron chi connectivity index (χ1n) is 5.79. The summed E-state index contributed by atoms with van der Waals surface area (Å²) in [6, 6.07) is 9.35. The van der Waals surface area contributed by atoms with Crippen LogP contribution in [0.25, 0.3) is 0 Å². The SMILES string of the molecule is FC(F)(/C=C\CCCCl)CCc1ccccc1. The topological polar surface area (TPSA) is 0 Å². The number of alkyl halides is 3. The zero-order chi connectivity index (χ0) is 12.6. The summed E-state index contributed by atoms with van der Waals surface area (Å²) in [5, 5.41) is 0. The van der Waals surface area contributed by atoms with E-state index in [-0.39, 0.29) is 6.42 Å². The number of allylic oxidation sites excluding steroid dienone is 2. The van der Waals surface area contributed by atoms with Crippen LogP contribution in [0.5, 0.6) is 0 Å². The lowest BCUT2D eigenvalue weighted by atomic mass is 10.1. The van der Waals surface area contributed by atoms with Crippen molar-refractivity contribution in [1.29, 1.82) is 0 Å². The summed E-state index contributed by atoms with van der Waals surface area (Å²) in [7, 11) is 0. The molecule has 0 amide bonds. The largest absolute Gasteiger partial charge is 0.266 e. The Morgan fingerprint density at radius 3 is 2.53 bits per heavy atom. The minimum absolute atomic E-state index is 0.144. The fourth-order valence-electron chi connectivity index (χ4n) is 1.49. The molecule has 0 aliphatic carbocycles. The van der Waals surface area contributed by atoms with Crippen molar-refractivity contribution >= 4 is 11.6 Å². The molecule has 0 spiro atoms. The lowest BCUT2D eigenvalue weighted by Crippen LogP contribution is -2.13. The lowest BCUT2D eigenvalue weighted by molar-refractivity contribution is 0.0457. The number of halogens is 3. The summed E-state index contributed by atoms with van der Waals surface area (Å²) in [5.41, 5.74) is 0.946. The molecule has 0 N–H and O–H groups in total. The van der Waals surface area contributed by atoms with Crippen molar-refractivity contribution in [2.45, 2.75) is 31.6 Å². The van der Waals surface area contributed by atoms with Crippen LogP contribution in [-0.4, -0.2) is 11.8 Å². The molecule has 3 heteroatoms. The average Bonchev–Trinajstić information content (AvgIpc) is 2.34. The molecule has 0 aromatic heterocycles. The molecule has 0 fully saturated rings. The molecule has 0 unspecified atom stereocenters. The predicted molar refractivity (Wildman–Crippen MR) is 68.8 cm³/mol. The molecule has 0 heterocycles. The van der Waals surface area contributed by atoms with Gasteiger partial charge in [-0.15, -0.1) is 11.6 Å². The van der Waals surface area contributed by atoms with E-state index in [1.54, 1.807) is 0 Å². The van der Waals surface area contributed by atoms with Crippen LogP contribution in [0.4, 0.5) is 8.78 Å². The van der Waals surface area contributed by atoms with Gasteiger partial charge >= 0.3 is 0 Å². The van der Waals surface area contributed by atoms with E-state index in [1.807, 2.05) is 30.3 Å². The van der Waals surface area contributed by atoms with Crippen molar-refractivity contribution in [3.63, 3.8) is 0 Å². The van der Waals surface area contributed by atoms with Gasteiger partial charge in [-0.1, -0.05) is 36.4 Å². The third-order valence-corrected chi connectivity index (χ3v) is 2.72. The van der Waals surface area contributed by atoms with E-state index in [0.717, 1.165) is 18.1 Å². The second-order valence-corrected chi connectivity index (χ2v) is 4.36. The van der Waals surface area contributed by atoms with Crippen LogP contribution in [0.1, 0.15) is 24.8 Å². The quantitative estimate of drug-likeness (QED) is 0.373. The van der Waals surface area contributed by atoms with E-state index in [4.69, 9.17) is 11.6 Å². The van der Waals surface area contributed by atoms with E-state index in [2.05, 4.69) is 0 Å². The van der Waals surface area contributed by atoms with Gasteiger partial charge in [0.25, 0.3) is 5.92 Å². The Hall–Kier alpha value is -0.890. The Morgan fingerprint density at radius 2 is 1.88 bits per heavy atom. The highest BCUT2D eigenvalue weighted by Crippen LogP contribution is 2.23. The monoisotopic (exact) mass is 258 g/mol. The first-order chi connectivity index (χ1) is 8.14. The Bertz CT molecular complexity index is 333. The molecule has 1 aromatic rings. The van der Waals surface area contributed by atoms with E-state index in [0.29, 0.717) is 18.7 Å². The van der Waals surface area contributed by atoms with Crippen molar-refractivity contribution in [3.05, 3.63) is 48.0 Å². The molecular formula is C14H17ClF2. The molecule has 17 heavy (non-hydrogen) atoms. The Balaban J connectivity index is 2.36. The number of rotatable bonds is 7. The minimum Gasteiger partial charge on any atom is -0.202 e. The summed E-state index contributed by atoms with van der Waals surface area (Å²) in [6.45, 7) is 0. The van der Waals surface area contributed by atoms with Gasteiger partial charge in [0.15, 0.2) is 0 Å². The molecule has 0 saturated heterocycles. The van der Waals surface area contributed by atoms with Gasteiger partial charge in [-0.2, -0.15) is 0 Å². The molecule has 0 saturated carbocycles. The maximum atomic E-state index is 13.4. The lowest BCUT2D eigenvalue weighted by Gasteiger charge is -2.11. The smallest absolute Gasteiger partial charge is 0.202 e. The summed E-state index contributed by atoms with van der Waals surface area (Å²) in [5.74, 6) is -2.21. The Kier molecular flexibility index (Phi) is 6.20. The van der Waals surface area contributed by atoms with Crippen molar-refractivity contribution in [2.24, 2.45) is 0 Å². The normalized spacial score (nSPS) is 12.2. The summed E-state index contributed by atoms with van der Waals surface area (Å²) < 4.78 is 26.8. The minimum atomic E-state index is -2.72. The zero-order valence-electron chi connectivity index (χ0n) is 9.71. The Morgan fingerprint density at radius 1 is 1.18 bits per heavy atom. The first kappa shape index (κ1) is 14.2. The highest BCUT2D eigenvalue weighted by molar-refractivity contribution is 6.17.